The summed E-state index contributed by atoms with van der Waals surface area (Å²) in [5.74, 6) is 1.75. The molecule has 0 saturated heterocycles. The van der Waals surface area contributed by atoms with Crippen LogP contribution in [-0.2, 0) is 9.53 Å². The molecule has 0 aliphatic carbocycles. The maximum atomic E-state index is 11.3. The lowest BCUT2D eigenvalue weighted by Crippen LogP contribution is -2.30. The summed E-state index contributed by atoms with van der Waals surface area (Å²) in [6, 6.07) is 13.9. The Balaban J connectivity index is 1.77. The van der Waals surface area contributed by atoms with Gasteiger partial charge in [0.2, 0.25) is 13.1 Å². The van der Waals surface area contributed by atoms with E-state index in [2.05, 4.69) is 12.1 Å². The Kier molecular flexibility index (Phi) is 3.33. The van der Waals surface area contributed by atoms with E-state index in [-0.39, 0.29) is 18.7 Å². The second-order valence-electron chi connectivity index (χ2n) is 5.60. The van der Waals surface area contributed by atoms with Crippen LogP contribution in [0.5, 0.6) is 17.2 Å². The summed E-state index contributed by atoms with van der Waals surface area (Å²) in [6.45, 7) is 1.59. The zero-order valence-electron chi connectivity index (χ0n) is 12.7. The predicted molar refractivity (Wildman–Crippen MR) is 81.6 cm³/mol. The molecule has 118 valence electrons. The third kappa shape index (κ3) is 2.59. The SMILES string of the molecule is CC(=O)OC1CC(c2ccccc2)c2cc3c(cc2O1)OCO3. The van der Waals surface area contributed by atoms with Gasteiger partial charge < -0.3 is 18.9 Å². The van der Waals surface area contributed by atoms with Gasteiger partial charge in [0.1, 0.15) is 5.75 Å². The van der Waals surface area contributed by atoms with Gasteiger partial charge in [-0.15, -0.1) is 0 Å². The molecule has 0 spiro atoms. The minimum atomic E-state index is -0.606. The molecule has 0 fully saturated rings. The number of benzene rings is 2. The Morgan fingerprint density at radius 1 is 1.09 bits per heavy atom. The molecule has 23 heavy (non-hydrogen) atoms. The molecule has 2 aromatic carbocycles. The molecule has 0 bridgehead atoms. The molecule has 0 aromatic heterocycles. The molecule has 0 amide bonds. The van der Waals surface area contributed by atoms with Crippen molar-refractivity contribution >= 4 is 5.97 Å². The Morgan fingerprint density at radius 3 is 2.57 bits per heavy atom. The van der Waals surface area contributed by atoms with Crippen molar-refractivity contribution in [3.8, 4) is 17.2 Å². The van der Waals surface area contributed by atoms with E-state index in [4.69, 9.17) is 18.9 Å². The molecule has 0 N–H and O–H groups in total. The van der Waals surface area contributed by atoms with Crippen molar-refractivity contribution < 1.29 is 23.7 Å². The molecule has 0 radical (unpaired) electrons. The van der Waals surface area contributed by atoms with Gasteiger partial charge in [-0.2, -0.15) is 0 Å². The summed E-state index contributed by atoms with van der Waals surface area (Å²) in [6.07, 6.45) is -0.0402. The highest BCUT2D eigenvalue weighted by molar-refractivity contribution is 5.66. The van der Waals surface area contributed by atoms with Gasteiger partial charge in [0.05, 0.1) is 0 Å². The van der Waals surface area contributed by atoms with Crippen molar-refractivity contribution in [2.45, 2.75) is 25.6 Å². The van der Waals surface area contributed by atoms with Crippen molar-refractivity contribution in [2.75, 3.05) is 6.79 Å². The number of rotatable bonds is 2. The molecule has 5 nitrogen and oxygen atoms in total. The quantitative estimate of drug-likeness (QED) is 0.797. The van der Waals surface area contributed by atoms with Crippen molar-refractivity contribution in [1.29, 1.82) is 0 Å². The Morgan fingerprint density at radius 2 is 1.83 bits per heavy atom. The highest BCUT2D eigenvalue weighted by Crippen LogP contribution is 2.47. The molecule has 2 aliphatic heterocycles. The van der Waals surface area contributed by atoms with Gasteiger partial charge in [0.15, 0.2) is 11.5 Å². The fourth-order valence-electron chi connectivity index (χ4n) is 3.08. The van der Waals surface area contributed by atoms with Crippen LogP contribution in [0.1, 0.15) is 30.4 Å². The van der Waals surface area contributed by atoms with Gasteiger partial charge in [0.25, 0.3) is 0 Å². The van der Waals surface area contributed by atoms with E-state index in [9.17, 15) is 4.79 Å². The smallest absolute Gasteiger partial charge is 0.305 e. The van der Waals surface area contributed by atoms with Crippen molar-refractivity contribution in [2.24, 2.45) is 0 Å². The maximum Gasteiger partial charge on any atom is 0.305 e. The minimum absolute atomic E-state index is 0.0683. The molecule has 2 aliphatic rings. The fraction of sp³-hybridized carbons (Fsp3) is 0.278. The van der Waals surface area contributed by atoms with Crippen LogP contribution >= 0.6 is 0 Å². The van der Waals surface area contributed by atoms with E-state index >= 15 is 0 Å². The first kappa shape index (κ1) is 13.9. The van der Waals surface area contributed by atoms with Gasteiger partial charge in [-0.05, 0) is 11.6 Å². The molecular weight excluding hydrogens is 296 g/mol. The second kappa shape index (κ2) is 5.50. The third-order valence-electron chi connectivity index (χ3n) is 4.07. The standard InChI is InChI=1S/C18H16O5/c1-11(19)22-18-8-13(12-5-3-2-4-6-12)14-7-16-17(21-10-20-16)9-15(14)23-18/h2-7,9,13,18H,8,10H2,1H3. The molecule has 2 aromatic rings. The average Bonchev–Trinajstić information content (AvgIpc) is 2.99. The summed E-state index contributed by atoms with van der Waals surface area (Å²) in [4.78, 5) is 11.3. The summed E-state index contributed by atoms with van der Waals surface area (Å²) in [5, 5.41) is 0. The number of hydrogen-bond donors (Lipinski definition) is 0. The number of carbonyl (C=O) groups is 1. The summed E-state index contributed by atoms with van der Waals surface area (Å²) in [5.41, 5.74) is 2.16. The van der Waals surface area contributed by atoms with Crippen molar-refractivity contribution in [3.63, 3.8) is 0 Å². The van der Waals surface area contributed by atoms with Crippen LogP contribution in [0.25, 0.3) is 0 Å². The largest absolute Gasteiger partial charge is 0.454 e. The van der Waals surface area contributed by atoms with Crippen LogP contribution < -0.4 is 14.2 Å². The van der Waals surface area contributed by atoms with E-state index in [0.717, 1.165) is 16.9 Å². The van der Waals surface area contributed by atoms with E-state index < -0.39 is 6.29 Å². The molecule has 4 rings (SSSR count). The lowest BCUT2D eigenvalue weighted by molar-refractivity contribution is -0.163. The van der Waals surface area contributed by atoms with Gasteiger partial charge in [-0.3, -0.25) is 4.79 Å². The first-order chi connectivity index (χ1) is 11.2. The normalized spacial score (nSPS) is 21.3. The lowest BCUT2D eigenvalue weighted by atomic mass is 9.86. The Bertz CT molecular complexity index is 741. The minimum Gasteiger partial charge on any atom is -0.454 e. The van der Waals surface area contributed by atoms with Gasteiger partial charge >= 0.3 is 5.97 Å². The van der Waals surface area contributed by atoms with E-state index in [1.54, 1.807) is 0 Å². The van der Waals surface area contributed by atoms with Crippen molar-refractivity contribution in [3.05, 3.63) is 53.6 Å². The van der Waals surface area contributed by atoms with Crippen LogP contribution in [0, 0.1) is 0 Å². The molecule has 0 saturated carbocycles. The van der Waals surface area contributed by atoms with Gasteiger partial charge in [-0.25, -0.2) is 0 Å². The highest BCUT2D eigenvalue weighted by Gasteiger charge is 2.33. The van der Waals surface area contributed by atoms with Gasteiger partial charge in [0, 0.05) is 30.9 Å². The molecule has 5 heteroatoms. The van der Waals surface area contributed by atoms with Gasteiger partial charge in [-0.1, -0.05) is 30.3 Å². The topological polar surface area (TPSA) is 54.0 Å². The number of fused-ring (bicyclic) bond motifs is 2. The third-order valence-corrected chi connectivity index (χ3v) is 4.07. The number of carbonyl (C=O) groups excluding carboxylic acids is 1. The molecule has 2 unspecified atom stereocenters. The van der Waals surface area contributed by atoms with Crippen LogP contribution in [0.3, 0.4) is 0 Å². The maximum absolute atomic E-state index is 11.3. The van der Waals surface area contributed by atoms with Crippen LogP contribution in [0.2, 0.25) is 0 Å². The monoisotopic (exact) mass is 312 g/mol. The zero-order valence-corrected chi connectivity index (χ0v) is 12.7. The summed E-state index contributed by atoms with van der Waals surface area (Å²) < 4.78 is 22.0. The number of hydrogen-bond acceptors (Lipinski definition) is 5. The summed E-state index contributed by atoms with van der Waals surface area (Å²) >= 11 is 0. The second-order valence-corrected chi connectivity index (χ2v) is 5.60. The van der Waals surface area contributed by atoms with E-state index in [1.165, 1.54) is 6.92 Å². The van der Waals surface area contributed by atoms with Crippen molar-refractivity contribution in [1.82, 2.24) is 0 Å². The predicted octanol–water partition coefficient (Wildman–Crippen LogP) is 3.22. The number of esters is 1. The fourth-order valence-corrected chi connectivity index (χ4v) is 3.08. The number of ether oxygens (including phenoxy) is 4. The molecule has 2 heterocycles. The summed E-state index contributed by atoms with van der Waals surface area (Å²) in [7, 11) is 0. The first-order valence-corrected chi connectivity index (χ1v) is 7.53. The molecule has 2 atom stereocenters. The van der Waals surface area contributed by atoms with E-state index in [0.29, 0.717) is 17.9 Å². The van der Waals surface area contributed by atoms with Crippen LogP contribution in [-0.4, -0.2) is 19.1 Å². The zero-order chi connectivity index (χ0) is 15.8. The van der Waals surface area contributed by atoms with Crippen LogP contribution in [0.15, 0.2) is 42.5 Å². The average molecular weight is 312 g/mol. The first-order valence-electron chi connectivity index (χ1n) is 7.53. The Hall–Kier alpha value is -2.69. The highest BCUT2D eigenvalue weighted by atomic mass is 16.7. The molecular formula is C18H16O5. The lowest BCUT2D eigenvalue weighted by Gasteiger charge is -2.32. The van der Waals surface area contributed by atoms with Crippen LogP contribution in [0.4, 0.5) is 0 Å². The Labute approximate surface area is 133 Å². The van der Waals surface area contributed by atoms with E-state index in [1.807, 2.05) is 30.3 Å².